The maximum atomic E-state index is 13.1. The maximum Gasteiger partial charge on any atom is 0.306 e. The number of nitrogens with zero attached hydrogens (tertiary/aromatic N) is 5. The van der Waals surface area contributed by atoms with Crippen LogP contribution in [-0.4, -0.2) is 98.8 Å². The molecule has 0 atom stereocenters. The summed E-state index contributed by atoms with van der Waals surface area (Å²) in [6.07, 6.45) is 10.4. The smallest absolute Gasteiger partial charge is 0.306 e. The van der Waals surface area contributed by atoms with E-state index in [-0.39, 0.29) is 24.1 Å². The van der Waals surface area contributed by atoms with Crippen LogP contribution in [0.3, 0.4) is 0 Å². The molecule has 9 nitrogen and oxygen atoms in total. The zero-order chi connectivity index (χ0) is 33.9. The van der Waals surface area contributed by atoms with Crippen molar-refractivity contribution >= 4 is 40.6 Å². The van der Waals surface area contributed by atoms with E-state index in [1.54, 1.807) is 5.01 Å². The number of esters is 1. The highest BCUT2D eigenvalue weighted by molar-refractivity contribution is 6.39. The molecule has 4 rings (SSSR count). The first-order valence-corrected chi connectivity index (χ1v) is 16.4. The third-order valence-corrected chi connectivity index (χ3v) is 8.39. The molecule has 2 aliphatic rings. The molecule has 0 saturated carbocycles. The van der Waals surface area contributed by atoms with Crippen molar-refractivity contribution in [2.45, 2.75) is 33.6 Å². The molecule has 1 N–H and O–H groups in total. The van der Waals surface area contributed by atoms with Gasteiger partial charge in [-0.3, -0.25) is 9.59 Å². The number of rotatable bonds is 15. The summed E-state index contributed by atoms with van der Waals surface area (Å²) < 4.78 is 7.66. The van der Waals surface area contributed by atoms with Crippen molar-refractivity contribution in [2.75, 3.05) is 70.3 Å². The maximum absolute atomic E-state index is 13.1. The highest BCUT2D eigenvalue weighted by atomic mass is 16.5. The number of aliphatic hydroxyl groups excluding tert-OH is 1. The van der Waals surface area contributed by atoms with Crippen LogP contribution in [0.25, 0.3) is 5.57 Å². The summed E-state index contributed by atoms with van der Waals surface area (Å²) in [6, 6.07) is 15.9. The van der Waals surface area contributed by atoms with Crippen LogP contribution in [-0.2, 0) is 14.3 Å². The Balaban J connectivity index is 1.26. The predicted molar refractivity (Wildman–Crippen MR) is 192 cm³/mol. The summed E-state index contributed by atoms with van der Waals surface area (Å²) in [6.45, 7) is 10.4. The normalized spacial score (nSPS) is 14.2. The predicted octanol–water partition coefficient (Wildman–Crippen LogP) is 5.64. The van der Waals surface area contributed by atoms with Gasteiger partial charge in [-0.15, -0.1) is 0 Å². The van der Waals surface area contributed by atoms with Crippen LogP contribution in [0.2, 0.25) is 0 Å². The molecule has 0 heterocycles. The Morgan fingerprint density at radius 2 is 1.53 bits per heavy atom. The van der Waals surface area contributed by atoms with E-state index >= 15 is 0 Å². The Labute approximate surface area is 279 Å². The van der Waals surface area contributed by atoms with E-state index in [0.717, 1.165) is 54.4 Å². The molecule has 0 unspecified atom stereocenters. The molecule has 2 aromatic carbocycles. The Kier molecular flexibility index (Phi) is 12.3. The number of benzene rings is 2. The summed E-state index contributed by atoms with van der Waals surface area (Å²) >= 11 is 0. The lowest BCUT2D eigenvalue weighted by molar-refractivity contribution is -0.524. The first kappa shape index (κ1) is 34.9. The van der Waals surface area contributed by atoms with Gasteiger partial charge in [0.15, 0.2) is 12.3 Å². The van der Waals surface area contributed by atoms with Gasteiger partial charge in [-0.2, -0.15) is 5.10 Å². The van der Waals surface area contributed by atoms with Gasteiger partial charge in [0, 0.05) is 70.7 Å². The summed E-state index contributed by atoms with van der Waals surface area (Å²) in [4.78, 5) is 29.9. The molecule has 47 heavy (non-hydrogen) atoms. The van der Waals surface area contributed by atoms with E-state index in [9.17, 15) is 14.7 Å². The number of aliphatic hydroxyl groups is 1. The number of ether oxygens (including phenoxy) is 1. The molecule has 0 amide bonds. The van der Waals surface area contributed by atoms with Crippen molar-refractivity contribution < 1.29 is 24.0 Å². The average Bonchev–Trinajstić information content (AvgIpc) is 3.08. The second-order valence-corrected chi connectivity index (χ2v) is 11.7. The molecule has 0 aliphatic heterocycles. The fourth-order valence-electron chi connectivity index (χ4n) is 5.60. The topological polar surface area (TPSA) is 88.7 Å². The number of carbonyl (C=O) groups excluding carboxylic acids is 2. The minimum absolute atomic E-state index is 0.0345. The van der Waals surface area contributed by atoms with E-state index in [4.69, 9.17) is 4.74 Å². The molecule has 0 fully saturated rings. The molecular weight excluding hydrogens is 590 g/mol. The first-order valence-electron chi connectivity index (χ1n) is 16.4. The van der Waals surface area contributed by atoms with Crippen LogP contribution in [0.1, 0.15) is 44.7 Å². The zero-order valence-electron chi connectivity index (χ0n) is 28.6. The van der Waals surface area contributed by atoms with Gasteiger partial charge in [0.25, 0.3) is 0 Å². The summed E-state index contributed by atoms with van der Waals surface area (Å²) in [5, 5.41) is 16.9. The van der Waals surface area contributed by atoms with E-state index in [2.05, 4.69) is 33.3 Å². The van der Waals surface area contributed by atoms with Crippen LogP contribution in [0.4, 0.5) is 11.4 Å². The molecule has 2 aromatic rings. The second kappa shape index (κ2) is 16.6. The number of likely N-dealkylation sites (N-methyl/N-ethyl adjacent to an activating group) is 1. The Bertz CT molecular complexity index is 1590. The third kappa shape index (κ3) is 8.87. The highest BCUT2D eigenvalue weighted by Gasteiger charge is 2.36. The standard InChI is InChI=1S/C38H47N5O4/c1-7-42(8-2)32-20-14-29(15-21-32)35-37(45)36(38(35)46)30-16-22-33(23-17-30)43(9-3)25-26-47-34(44)11-10-24-41(6)31-18-12-28(13-19-31)27-39-40(4)5/h12-23,27H,7-11,24-26H2,1-6H3/p+1/b39-27+. The lowest BCUT2D eigenvalue weighted by Crippen LogP contribution is -2.26. The minimum Gasteiger partial charge on any atom is -0.506 e. The second-order valence-electron chi connectivity index (χ2n) is 11.7. The summed E-state index contributed by atoms with van der Waals surface area (Å²) in [5.74, 6) is -0.326. The van der Waals surface area contributed by atoms with Crippen molar-refractivity contribution in [2.24, 2.45) is 5.10 Å². The SMILES string of the molecule is CCN(CC)c1ccc(C2=C(O)C(=C3C=CC(=[N+](CC)CCOC(=O)CCCN(C)c4ccc(/C=N/N(C)C)cc4)C=C3)C2=O)cc1. The number of Topliss-reactive ketones (excluding diaryl/α,β-unsaturated/α-hetero) is 1. The number of hydrazone groups is 1. The molecule has 0 spiro atoms. The van der Waals surface area contributed by atoms with E-state index in [0.29, 0.717) is 36.1 Å². The van der Waals surface area contributed by atoms with Crippen LogP contribution in [0.15, 0.2) is 94.8 Å². The van der Waals surface area contributed by atoms with Gasteiger partial charge in [0.1, 0.15) is 18.9 Å². The largest absolute Gasteiger partial charge is 0.506 e. The van der Waals surface area contributed by atoms with Crippen LogP contribution in [0, 0.1) is 0 Å². The monoisotopic (exact) mass is 638 g/mol. The van der Waals surface area contributed by atoms with Gasteiger partial charge in [-0.1, -0.05) is 24.3 Å². The van der Waals surface area contributed by atoms with E-state index in [1.807, 2.05) is 107 Å². The van der Waals surface area contributed by atoms with Gasteiger partial charge in [0.2, 0.25) is 5.78 Å². The zero-order valence-corrected chi connectivity index (χ0v) is 28.6. The van der Waals surface area contributed by atoms with Gasteiger partial charge in [0.05, 0.1) is 17.4 Å². The quantitative estimate of drug-likeness (QED) is 0.0889. The van der Waals surface area contributed by atoms with Crippen LogP contribution in [0.5, 0.6) is 0 Å². The molecule has 0 bridgehead atoms. The van der Waals surface area contributed by atoms with Crippen molar-refractivity contribution in [3.05, 3.63) is 101 Å². The Hall–Kier alpha value is -4.92. The fraction of sp³-hybridized carbons (Fsp3) is 0.368. The van der Waals surface area contributed by atoms with Crippen molar-refractivity contribution in [3.63, 3.8) is 0 Å². The average molecular weight is 639 g/mol. The third-order valence-electron chi connectivity index (χ3n) is 8.39. The molecule has 0 radical (unpaired) electrons. The van der Waals surface area contributed by atoms with Gasteiger partial charge in [-0.25, -0.2) is 4.58 Å². The van der Waals surface area contributed by atoms with Crippen molar-refractivity contribution in [1.82, 2.24) is 5.01 Å². The molecule has 0 saturated heterocycles. The number of carbonyl (C=O) groups is 2. The van der Waals surface area contributed by atoms with Gasteiger partial charge in [-0.05, 0) is 80.3 Å². The fourth-order valence-corrected chi connectivity index (χ4v) is 5.60. The molecule has 2 aliphatic carbocycles. The highest BCUT2D eigenvalue weighted by Crippen LogP contribution is 2.39. The lowest BCUT2D eigenvalue weighted by Gasteiger charge is -2.25. The van der Waals surface area contributed by atoms with E-state index < -0.39 is 0 Å². The lowest BCUT2D eigenvalue weighted by atomic mass is 9.80. The molecule has 0 aromatic heterocycles. The molecular formula is C38H48N5O4+. The summed E-state index contributed by atoms with van der Waals surface area (Å²) in [7, 11) is 5.79. The molecule has 9 heteroatoms. The molecule has 248 valence electrons. The van der Waals surface area contributed by atoms with E-state index in [1.165, 1.54) is 0 Å². The van der Waals surface area contributed by atoms with Crippen LogP contribution < -0.4 is 9.80 Å². The van der Waals surface area contributed by atoms with Gasteiger partial charge >= 0.3 is 5.97 Å². The number of hydrogen-bond acceptors (Lipinski definition) is 8. The van der Waals surface area contributed by atoms with Crippen molar-refractivity contribution in [3.8, 4) is 0 Å². The van der Waals surface area contributed by atoms with Gasteiger partial charge < -0.3 is 24.7 Å². The number of hydrogen-bond donors (Lipinski definition) is 1. The van der Waals surface area contributed by atoms with Crippen LogP contribution >= 0.6 is 0 Å². The first-order chi connectivity index (χ1) is 22.7. The number of anilines is 2. The summed E-state index contributed by atoms with van der Waals surface area (Å²) in [5.41, 5.74) is 6.26. The Morgan fingerprint density at radius 3 is 2.11 bits per heavy atom. The van der Waals surface area contributed by atoms with Crippen molar-refractivity contribution in [1.29, 1.82) is 0 Å². The Morgan fingerprint density at radius 1 is 0.894 bits per heavy atom. The number of allylic oxidation sites excluding steroid dienone is 7. The minimum atomic E-state index is -0.208. The number of ketones is 1.